The number of nitrogens with one attached hydrogen (secondary N) is 1. The van der Waals surface area contributed by atoms with Crippen molar-refractivity contribution in [3.63, 3.8) is 0 Å². The summed E-state index contributed by atoms with van der Waals surface area (Å²) in [5.74, 6) is -1.04. The molecule has 102 valence electrons. The zero-order chi connectivity index (χ0) is 13.4. The molecular formula is C14H17NO3S. The van der Waals surface area contributed by atoms with Gasteiger partial charge in [-0.2, -0.15) is 0 Å². The third-order valence-corrected chi connectivity index (χ3v) is 5.02. The first kappa shape index (κ1) is 12.7. The van der Waals surface area contributed by atoms with Gasteiger partial charge in [-0.05, 0) is 55.0 Å². The van der Waals surface area contributed by atoms with Crippen molar-refractivity contribution in [1.82, 2.24) is 5.32 Å². The molecule has 4 nitrogen and oxygen atoms in total. The van der Waals surface area contributed by atoms with Crippen LogP contribution in [0.5, 0.6) is 0 Å². The third kappa shape index (κ3) is 2.52. The van der Waals surface area contributed by atoms with Crippen molar-refractivity contribution < 1.29 is 14.7 Å². The second kappa shape index (κ2) is 4.96. The van der Waals surface area contributed by atoms with Crippen molar-refractivity contribution >= 4 is 23.2 Å². The minimum absolute atomic E-state index is 0.112. The van der Waals surface area contributed by atoms with Gasteiger partial charge in [0.05, 0.1) is 5.92 Å². The Morgan fingerprint density at radius 3 is 2.84 bits per heavy atom. The van der Waals surface area contributed by atoms with Crippen molar-refractivity contribution in [2.24, 2.45) is 5.92 Å². The Hall–Kier alpha value is -1.36. The van der Waals surface area contributed by atoms with E-state index in [0.29, 0.717) is 0 Å². The maximum Gasteiger partial charge on any atom is 0.326 e. The van der Waals surface area contributed by atoms with Crippen LogP contribution in [-0.4, -0.2) is 23.0 Å². The summed E-state index contributed by atoms with van der Waals surface area (Å²) in [6, 6.07) is 1.31. The molecule has 1 aromatic heterocycles. The summed E-state index contributed by atoms with van der Waals surface area (Å²) in [6.07, 6.45) is 4.69. The molecule has 0 saturated heterocycles. The number of carbonyl (C=O) groups is 2. The molecule has 1 heterocycles. The highest BCUT2D eigenvalue weighted by atomic mass is 32.1. The Bertz CT molecular complexity index is 507. The molecule has 1 aromatic rings. The van der Waals surface area contributed by atoms with E-state index in [2.05, 4.69) is 5.32 Å². The van der Waals surface area contributed by atoms with E-state index in [1.807, 2.05) is 11.4 Å². The second-order valence-corrected chi connectivity index (χ2v) is 6.41. The number of thiophene rings is 1. The molecule has 1 saturated carbocycles. The third-order valence-electron chi connectivity index (χ3n) is 4.03. The minimum Gasteiger partial charge on any atom is -0.480 e. The lowest BCUT2D eigenvalue weighted by atomic mass is 9.87. The number of aryl methyl sites for hydroxylation is 1. The van der Waals surface area contributed by atoms with Crippen LogP contribution in [-0.2, 0) is 16.0 Å². The van der Waals surface area contributed by atoms with E-state index in [1.165, 1.54) is 4.88 Å². The van der Waals surface area contributed by atoms with Gasteiger partial charge in [0.2, 0.25) is 5.91 Å². The summed E-state index contributed by atoms with van der Waals surface area (Å²) in [5, 5.41) is 13.9. The number of amides is 1. The summed E-state index contributed by atoms with van der Waals surface area (Å²) in [7, 11) is 0. The first-order valence-electron chi connectivity index (χ1n) is 6.76. The lowest BCUT2D eigenvalue weighted by molar-refractivity contribution is -0.142. The fraction of sp³-hybridized carbons (Fsp3) is 0.571. The van der Waals surface area contributed by atoms with Gasteiger partial charge in [0.1, 0.15) is 6.04 Å². The monoisotopic (exact) mass is 279 g/mol. The van der Waals surface area contributed by atoms with Crippen LogP contribution < -0.4 is 5.32 Å². The number of hydrogen-bond donors (Lipinski definition) is 2. The number of carboxylic acid groups (broad SMARTS) is 1. The molecule has 2 N–H and O–H groups in total. The molecule has 0 radical (unpaired) electrons. The van der Waals surface area contributed by atoms with Gasteiger partial charge in [0.25, 0.3) is 0 Å². The molecule has 2 atom stereocenters. The van der Waals surface area contributed by atoms with Crippen LogP contribution in [0.4, 0.5) is 0 Å². The molecule has 0 aliphatic heterocycles. The van der Waals surface area contributed by atoms with Crippen LogP contribution in [0.3, 0.4) is 0 Å². The summed E-state index contributed by atoms with van der Waals surface area (Å²) in [4.78, 5) is 24.8. The Labute approximate surface area is 115 Å². The van der Waals surface area contributed by atoms with E-state index < -0.39 is 12.0 Å². The van der Waals surface area contributed by atoms with E-state index in [9.17, 15) is 14.7 Å². The van der Waals surface area contributed by atoms with Crippen LogP contribution in [0.1, 0.15) is 42.0 Å². The SMILES string of the molecule is O=C(NC(C(=O)O)C1CC1)C1CCCc2sccc21. The largest absolute Gasteiger partial charge is 0.480 e. The first-order chi connectivity index (χ1) is 9.16. The fourth-order valence-electron chi connectivity index (χ4n) is 2.82. The maximum atomic E-state index is 12.3. The average molecular weight is 279 g/mol. The zero-order valence-corrected chi connectivity index (χ0v) is 11.4. The molecule has 3 rings (SSSR count). The van der Waals surface area contributed by atoms with Crippen LogP contribution in [0.15, 0.2) is 11.4 Å². The number of fused-ring (bicyclic) bond motifs is 1. The van der Waals surface area contributed by atoms with Gasteiger partial charge in [-0.15, -0.1) is 11.3 Å². The predicted octanol–water partition coefficient (Wildman–Crippen LogP) is 2.15. The van der Waals surface area contributed by atoms with Crippen molar-refractivity contribution in [2.45, 2.75) is 44.1 Å². The Morgan fingerprint density at radius 2 is 2.16 bits per heavy atom. The quantitative estimate of drug-likeness (QED) is 0.887. The van der Waals surface area contributed by atoms with Crippen LogP contribution >= 0.6 is 11.3 Å². The van der Waals surface area contributed by atoms with Crippen LogP contribution in [0.25, 0.3) is 0 Å². The molecule has 1 amide bonds. The summed E-state index contributed by atoms with van der Waals surface area (Å²) in [5.41, 5.74) is 1.11. The summed E-state index contributed by atoms with van der Waals surface area (Å²) in [6.45, 7) is 0. The highest BCUT2D eigenvalue weighted by molar-refractivity contribution is 7.10. The van der Waals surface area contributed by atoms with Gasteiger partial charge >= 0.3 is 5.97 Å². The van der Waals surface area contributed by atoms with E-state index in [0.717, 1.165) is 37.7 Å². The Balaban J connectivity index is 1.73. The highest BCUT2D eigenvalue weighted by Crippen LogP contribution is 2.36. The van der Waals surface area contributed by atoms with Crippen molar-refractivity contribution in [3.05, 3.63) is 21.9 Å². The number of rotatable bonds is 4. The lowest BCUT2D eigenvalue weighted by Gasteiger charge is -2.24. The Morgan fingerprint density at radius 1 is 1.37 bits per heavy atom. The topological polar surface area (TPSA) is 66.4 Å². The predicted molar refractivity (Wildman–Crippen MR) is 72.3 cm³/mol. The molecule has 19 heavy (non-hydrogen) atoms. The summed E-state index contributed by atoms with van der Waals surface area (Å²) >= 11 is 1.69. The number of carboxylic acids is 1. The van der Waals surface area contributed by atoms with Gasteiger partial charge < -0.3 is 10.4 Å². The number of hydrogen-bond acceptors (Lipinski definition) is 3. The van der Waals surface area contributed by atoms with Gasteiger partial charge in [0, 0.05) is 4.88 Å². The molecule has 5 heteroatoms. The van der Waals surface area contributed by atoms with Gasteiger partial charge in [0.15, 0.2) is 0 Å². The molecule has 0 spiro atoms. The van der Waals surface area contributed by atoms with Crippen LogP contribution in [0, 0.1) is 5.92 Å². The average Bonchev–Trinajstić information content (AvgIpc) is 3.11. The van der Waals surface area contributed by atoms with E-state index >= 15 is 0 Å². The molecule has 2 aliphatic rings. The first-order valence-corrected chi connectivity index (χ1v) is 7.64. The van der Waals surface area contributed by atoms with Crippen molar-refractivity contribution in [2.75, 3.05) is 0 Å². The summed E-state index contributed by atoms with van der Waals surface area (Å²) < 4.78 is 0. The van der Waals surface area contributed by atoms with Crippen molar-refractivity contribution in [3.8, 4) is 0 Å². The lowest BCUT2D eigenvalue weighted by Crippen LogP contribution is -2.44. The highest BCUT2D eigenvalue weighted by Gasteiger charge is 2.39. The van der Waals surface area contributed by atoms with E-state index in [4.69, 9.17) is 0 Å². The molecule has 0 aromatic carbocycles. The standard InChI is InChI=1S/C14H17NO3S/c16-13(15-12(14(17)18)8-4-5-8)10-2-1-3-11-9(10)6-7-19-11/h6-8,10,12H,1-5H2,(H,15,16)(H,17,18). The second-order valence-electron chi connectivity index (χ2n) is 5.41. The van der Waals surface area contributed by atoms with Gasteiger partial charge in [-0.25, -0.2) is 4.79 Å². The molecule has 1 fully saturated rings. The molecule has 0 bridgehead atoms. The number of aliphatic carboxylic acids is 1. The normalized spacial score (nSPS) is 23.5. The van der Waals surface area contributed by atoms with E-state index in [-0.39, 0.29) is 17.7 Å². The van der Waals surface area contributed by atoms with E-state index in [1.54, 1.807) is 11.3 Å². The maximum absolute atomic E-state index is 12.3. The fourth-order valence-corrected chi connectivity index (χ4v) is 3.81. The van der Waals surface area contributed by atoms with Crippen LogP contribution in [0.2, 0.25) is 0 Å². The smallest absolute Gasteiger partial charge is 0.326 e. The minimum atomic E-state index is -0.905. The number of carbonyl (C=O) groups excluding carboxylic acids is 1. The Kier molecular flexibility index (Phi) is 3.31. The molecule has 2 aliphatic carbocycles. The van der Waals surface area contributed by atoms with Gasteiger partial charge in [-0.3, -0.25) is 4.79 Å². The zero-order valence-electron chi connectivity index (χ0n) is 10.6. The van der Waals surface area contributed by atoms with Crippen molar-refractivity contribution in [1.29, 1.82) is 0 Å². The molecular weight excluding hydrogens is 262 g/mol. The van der Waals surface area contributed by atoms with Gasteiger partial charge in [-0.1, -0.05) is 0 Å². The molecule has 2 unspecified atom stereocenters.